The lowest BCUT2D eigenvalue weighted by atomic mass is 9.89. The molecule has 3 heteroatoms. The first-order valence-electron chi connectivity index (χ1n) is 11.1. The molecule has 4 rings (SSSR count). The predicted molar refractivity (Wildman–Crippen MR) is 116 cm³/mol. The lowest BCUT2D eigenvalue weighted by Gasteiger charge is -2.40. The summed E-state index contributed by atoms with van der Waals surface area (Å²) in [5.41, 5.74) is 4.21. The molecular formula is C24H35N3. The molecule has 1 aromatic heterocycles. The first-order chi connectivity index (χ1) is 13.3. The van der Waals surface area contributed by atoms with Gasteiger partial charge in [-0.05, 0) is 43.9 Å². The van der Waals surface area contributed by atoms with Gasteiger partial charge in [0.1, 0.15) is 0 Å². The summed E-state index contributed by atoms with van der Waals surface area (Å²) in [5.74, 6) is 0. The van der Waals surface area contributed by atoms with Crippen LogP contribution in [-0.2, 0) is 0 Å². The Balaban J connectivity index is 1.28. The van der Waals surface area contributed by atoms with Gasteiger partial charge in [0.2, 0.25) is 0 Å². The molecule has 1 fully saturated rings. The third-order valence-corrected chi connectivity index (χ3v) is 6.57. The maximum Gasteiger partial charge on any atom is 0.0460 e. The van der Waals surface area contributed by atoms with E-state index in [9.17, 15) is 0 Å². The topological polar surface area (TPSA) is 22.3 Å². The fourth-order valence-corrected chi connectivity index (χ4v) is 4.85. The Morgan fingerprint density at radius 2 is 1.89 bits per heavy atom. The van der Waals surface area contributed by atoms with Crippen molar-refractivity contribution in [1.29, 1.82) is 0 Å². The molecule has 0 bridgehead atoms. The minimum absolute atomic E-state index is 0.751. The zero-order valence-corrected chi connectivity index (χ0v) is 16.9. The second kappa shape index (κ2) is 9.07. The van der Waals surface area contributed by atoms with Crippen molar-refractivity contribution in [2.75, 3.05) is 32.7 Å². The molecule has 3 nitrogen and oxygen atoms in total. The molecule has 2 aromatic rings. The van der Waals surface area contributed by atoms with Crippen molar-refractivity contribution in [2.24, 2.45) is 0 Å². The second-order valence-electron chi connectivity index (χ2n) is 8.34. The number of nitrogens with zero attached hydrogens (tertiary/aromatic N) is 2. The summed E-state index contributed by atoms with van der Waals surface area (Å²) in [7, 11) is 0. The number of fused-ring (bicyclic) bond motifs is 1. The van der Waals surface area contributed by atoms with Crippen LogP contribution in [0.2, 0.25) is 0 Å². The summed E-state index contributed by atoms with van der Waals surface area (Å²) in [6, 6.07) is 9.42. The van der Waals surface area contributed by atoms with E-state index >= 15 is 0 Å². The van der Waals surface area contributed by atoms with E-state index in [-0.39, 0.29) is 0 Å². The van der Waals surface area contributed by atoms with Crippen LogP contribution >= 0.6 is 0 Å². The van der Waals surface area contributed by atoms with Crippen molar-refractivity contribution >= 4 is 16.5 Å². The molecule has 1 atom stereocenters. The van der Waals surface area contributed by atoms with Gasteiger partial charge in [0.25, 0.3) is 0 Å². The van der Waals surface area contributed by atoms with E-state index in [4.69, 9.17) is 0 Å². The maximum atomic E-state index is 3.43. The molecule has 0 spiro atoms. The number of hydrogen-bond donors (Lipinski definition) is 1. The summed E-state index contributed by atoms with van der Waals surface area (Å²) in [6.07, 6.45) is 14.0. The molecule has 1 aliphatic heterocycles. The molecule has 1 aliphatic carbocycles. The smallest absolute Gasteiger partial charge is 0.0460 e. The zero-order chi connectivity index (χ0) is 18.5. The second-order valence-corrected chi connectivity index (χ2v) is 8.34. The van der Waals surface area contributed by atoms with Crippen LogP contribution in [0.15, 0.2) is 36.5 Å². The standard InChI is InChI=1S/C24H35N3/c1-2-3-4-7-14-26-15-17-27(18-16-26)21-12-10-20(11-13-21)23-19-25-24-9-6-5-8-22(23)24/h5-6,8-10,19,21,25H,2-4,7,11-18H2,1H3. The van der Waals surface area contributed by atoms with Crippen molar-refractivity contribution in [3.8, 4) is 0 Å². The van der Waals surface area contributed by atoms with Crippen molar-refractivity contribution in [2.45, 2.75) is 57.9 Å². The Morgan fingerprint density at radius 1 is 1.04 bits per heavy atom. The van der Waals surface area contributed by atoms with Crippen LogP contribution in [0.1, 0.15) is 57.4 Å². The number of allylic oxidation sites excluding steroid dienone is 1. The van der Waals surface area contributed by atoms with Crippen molar-refractivity contribution < 1.29 is 0 Å². The number of aromatic nitrogens is 1. The number of nitrogens with one attached hydrogen (secondary N) is 1. The number of benzene rings is 1. The average Bonchev–Trinajstić information content (AvgIpc) is 3.16. The van der Waals surface area contributed by atoms with Crippen LogP contribution in [0.4, 0.5) is 0 Å². The summed E-state index contributed by atoms with van der Waals surface area (Å²) < 4.78 is 0. The number of unbranched alkanes of at least 4 members (excludes halogenated alkanes) is 3. The number of para-hydroxylation sites is 1. The highest BCUT2D eigenvalue weighted by atomic mass is 15.3. The van der Waals surface area contributed by atoms with Gasteiger partial charge >= 0.3 is 0 Å². The molecule has 1 saturated heterocycles. The van der Waals surface area contributed by atoms with Crippen LogP contribution in [-0.4, -0.2) is 53.5 Å². The van der Waals surface area contributed by atoms with Crippen molar-refractivity contribution in [3.63, 3.8) is 0 Å². The molecular weight excluding hydrogens is 330 g/mol. The Hall–Kier alpha value is -1.58. The third kappa shape index (κ3) is 4.47. The zero-order valence-electron chi connectivity index (χ0n) is 16.9. The van der Waals surface area contributed by atoms with Gasteiger partial charge in [-0.3, -0.25) is 4.90 Å². The summed E-state index contributed by atoms with van der Waals surface area (Å²) in [6.45, 7) is 8.65. The summed E-state index contributed by atoms with van der Waals surface area (Å²) in [5, 5.41) is 1.37. The van der Waals surface area contributed by atoms with Crippen LogP contribution in [0.5, 0.6) is 0 Å². The SMILES string of the molecule is CCCCCCN1CCN(C2CC=C(c3c[nH]c4ccccc34)CC2)CC1. The van der Waals surface area contributed by atoms with Gasteiger partial charge < -0.3 is 9.88 Å². The minimum atomic E-state index is 0.751. The largest absolute Gasteiger partial charge is 0.361 e. The average molecular weight is 366 g/mol. The number of hydrogen-bond acceptors (Lipinski definition) is 2. The van der Waals surface area contributed by atoms with Gasteiger partial charge in [-0.15, -0.1) is 0 Å². The lowest BCUT2D eigenvalue weighted by Crippen LogP contribution is -2.50. The van der Waals surface area contributed by atoms with Crippen LogP contribution in [0, 0.1) is 0 Å². The molecule has 0 amide bonds. The van der Waals surface area contributed by atoms with Gasteiger partial charge in [0.15, 0.2) is 0 Å². The van der Waals surface area contributed by atoms with Crippen molar-refractivity contribution in [3.05, 3.63) is 42.1 Å². The first kappa shape index (κ1) is 18.8. The molecule has 2 aliphatic rings. The molecule has 1 unspecified atom stereocenters. The Morgan fingerprint density at radius 3 is 2.67 bits per heavy atom. The highest BCUT2D eigenvalue weighted by Gasteiger charge is 2.25. The summed E-state index contributed by atoms with van der Waals surface area (Å²) >= 11 is 0. The monoisotopic (exact) mass is 365 g/mol. The van der Waals surface area contributed by atoms with Gasteiger partial charge in [-0.2, -0.15) is 0 Å². The fourth-order valence-electron chi connectivity index (χ4n) is 4.85. The van der Waals surface area contributed by atoms with Gasteiger partial charge in [-0.25, -0.2) is 0 Å². The summed E-state index contributed by atoms with van der Waals surface area (Å²) in [4.78, 5) is 8.87. The van der Waals surface area contributed by atoms with E-state index in [1.807, 2.05) is 0 Å². The predicted octanol–water partition coefficient (Wildman–Crippen LogP) is 5.30. The quantitative estimate of drug-likeness (QED) is 0.673. The normalized spacial score (nSPS) is 22.3. The first-order valence-corrected chi connectivity index (χ1v) is 11.1. The fraction of sp³-hybridized carbons (Fsp3) is 0.583. The maximum absolute atomic E-state index is 3.43. The highest BCUT2D eigenvalue weighted by Crippen LogP contribution is 2.33. The number of H-pyrrole nitrogens is 1. The van der Waals surface area contributed by atoms with Gasteiger partial charge in [0, 0.05) is 54.9 Å². The number of aromatic amines is 1. The molecule has 27 heavy (non-hydrogen) atoms. The minimum Gasteiger partial charge on any atom is -0.361 e. The molecule has 0 saturated carbocycles. The Kier molecular flexibility index (Phi) is 6.31. The van der Waals surface area contributed by atoms with Crippen LogP contribution in [0.3, 0.4) is 0 Å². The van der Waals surface area contributed by atoms with E-state index in [0.29, 0.717) is 0 Å². The Bertz CT molecular complexity index is 752. The molecule has 146 valence electrons. The lowest BCUT2D eigenvalue weighted by molar-refractivity contribution is 0.0910. The van der Waals surface area contributed by atoms with E-state index in [1.165, 1.54) is 94.1 Å². The molecule has 1 aromatic carbocycles. The van der Waals surface area contributed by atoms with E-state index in [2.05, 4.69) is 58.2 Å². The Labute approximate surface area is 164 Å². The number of piperazine rings is 1. The highest BCUT2D eigenvalue weighted by molar-refractivity contribution is 5.92. The van der Waals surface area contributed by atoms with E-state index in [1.54, 1.807) is 5.57 Å². The molecule has 0 radical (unpaired) electrons. The van der Waals surface area contributed by atoms with Gasteiger partial charge in [0.05, 0.1) is 0 Å². The third-order valence-electron chi connectivity index (χ3n) is 6.57. The van der Waals surface area contributed by atoms with Crippen molar-refractivity contribution in [1.82, 2.24) is 14.8 Å². The molecule has 1 N–H and O–H groups in total. The van der Waals surface area contributed by atoms with E-state index < -0.39 is 0 Å². The van der Waals surface area contributed by atoms with Gasteiger partial charge in [-0.1, -0.05) is 50.5 Å². The number of rotatable bonds is 7. The van der Waals surface area contributed by atoms with Crippen LogP contribution < -0.4 is 0 Å². The van der Waals surface area contributed by atoms with Crippen LogP contribution in [0.25, 0.3) is 16.5 Å². The van der Waals surface area contributed by atoms with E-state index in [0.717, 1.165) is 6.04 Å². The molecule has 2 heterocycles.